The summed E-state index contributed by atoms with van der Waals surface area (Å²) in [4.78, 5) is 0. The van der Waals surface area contributed by atoms with Crippen molar-refractivity contribution in [2.75, 3.05) is 0 Å². The van der Waals surface area contributed by atoms with E-state index >= 15 is 0 Å². The maximum absolute atomic E-state index is 5.31. The summed E-state index contributed by atoms with van der Waals surface area (Å²) in [6.07, 6.45) is 2.38. The van der Waals surface area contributed by atoms with E-state index in [0.717, 1.165) is 6.04 Å². The zero-order valence-corrected chi connectivity index (χ0v) is 21.8. The van der Waals surface area contributed by atoms with E-state index in [4.69, 9.17) is 32.9 Å². The molecule has 0 rings (SSSR count). The van der Waals surface area contributed by atoms with Crippen LogP contribution in [0.3, 0.4) is 0 Å². The van der Waals surface area contributed by atoms with E-state index in [-0.39, 0.29) is 80.1 Å². The Morgan fingerprint density at radius 2 is 1.00 bits per heavy atom. The van der Waals surface area contributed by atoms with Crippen LogP contribution in [0.4, 0.5) is 0 Å². The van der Waals surface area contributed by atoms with Gasteiger partial charge in [-0.2, -0.15) is 0 Å². The van der Waals surface area contributed by atoms with E-state index in [0.29, 0.717) is 9.76 Å². The Labute approximate surface area is 162 Å². The molecule has 19 heteroatoms. The summed E-state index contributed by atoms with van der Waals surface area (Å²) in [5.41, 5.74) is 0. The standard InChI is InChI=1S/C4H9O9Si10/c1-2-3-4-15-6-17-8-19-10-21-12-23-13-22-11-20-9-18-7-16-5-14/h2-4H2,1H3. The molecule has 0 unspecified atom stereocenters. The molecule has 23 heavy (non-hydrogen) atoms. The Kier molecular flexibility index (Phi) is 25.7. The van der Waals surface area contributed by atoms with E-state index in [1.807, 2.05) is 0 Å². The summed E-state index contributed by atoms with van der Waals surface area (Å²) < 4.78 is 45.2. The molecule has 0 amide bonds. The molecule has 0 saturated carbocycles. The molecule has 0 heterocycles. The van der Waals surface area contributed by atoms with E-state index in [9.17, 15) is 0 Å². The lowest BCUT2D eigenvalue weighted by Crippen LogP contribution is -2.21. The van der Waals surface area contributed by atoms with Crippen molar-refractivity contribution < 1.29 is 37.0 Å². The smallest absolute Gasteiger partial charge is 0.412 e. The number of hydrogen-bond donors (Lipinski definition) is 0. The molecule has 0 aliphatic carbocycles. The number of unbranched alkanes of at least 4 members (excludes halogenated alkanes) is 1. The van der Waals surface area contributed by atoms with Gasteiger partial charge in [0.1, 0.15) is 0 Å². The second-order valence-corrected chi connectivity index (χ2v) is 12.3. The van der Waals surface area contributed by atoms with Crippen molar-refractivity contribution in [1.82, 2.24) is 0 Å². The van der Waals surface area contributed by atoms with Crippen LogP contribution in [-0.2, 0) is 37.0 Å². The Bertz CT molecular complexity index is 199. The molecule has 0 spiro atoms. The highest BCUT2D eigenvalue weighted by Crippen LogP contribution is 1.92. The van der Waals surface area contributed by atoms with Gasteiger partial charge in [-0.1, -0.05) is 19.8 Å². The molecule has 0 atom stereocenters. The first-order valence-corrected chi connectivity index (χ1v) is 13.8. The Balaban J connectivity index is 2.92. The average molecular weight is 482 g/mol. The van der Waals surface area contributed by atoms with Gasteiger partial charge in [0.25, 0.3) is 0 Å². The minimum absolute atomic E-state index is 0.0232. The predicted octanol–water partition coefficient (Wildman–Crippen LogP) is -2.67. The molecule has 21 radical (unpaired) electrons. The van der Waals surface area contributed by atoms with E-state index in [1.165, 1.54) is 12.8 Å². The molecule has 0 aliphatic heterocycles. The summed E-state index contributed by atoms with van der Waals surface area (Å²) in [7, 11) is 2.41. The SMILES string of the molecule is CCCC[Si]O[Si]O[Si]O[Si]O[Si]O[Si]O[Si]O[Si]O[Si]O[Si]. The van der Waals surface area contributed by atoms with Crippen LogP contribution < -0.4 is 0 Å². The van der Waals surface area contributed by atoms with Crippen LogP contribution in [0.5, 0.6) is 0 Å². The maximum atomic E-state index is 5.31. The topological polar surface area (TPSA) is 83.1 Å². The van der Waals surface area contributed by atoms with Crippen molar-refractivity contribution in [2.45, 2.75) is 25.8 Å². The highest BCUT2D eigenvalue weighted by molar-refractivity contribution is 6.49. The van der Waals surface area contributed by atoms with E-state index in [2.05, 4.69) is 21.5 Å². The largest absolute Gasteiger partial charge is 0.435 e. The molecule has 0 saturated heterocycles. The van der Waals surface area contributed by atoms with E-state index in [1.54, 1.807) is 0 Å². The maximum Gasteiger partial charge on any atom is 0.412 e. The molecule has 9 nitrogen and oxygen atoms in total. The van der Waals surface area contributed by atoms with Crippen LogP contribution in [0, 0.1) is 0 Å². The van der Waals surface area contributed by atoms with Crippen molar-refractivity contribution in [2.24, 2.45) is 0 Å². The fourth-order valence-corrected chi connectivity index (χ4v) is 7.04. The van der Waals surface area contributed by atoms with Gasteiger partial charge in [-0.3, -0.25) is 0 Å². The van der Waals surface area contributed by atoms with Gasteiger partial charge in [0.15, 0.2) is 0 Å². The van der Waals surface area contributed by atoms with Crippen molar-refractivity contribution >= 4 is 100 Å². The molecule has 0 aromatic carbocycles. The molecular weight excluding hydrogens is 473 g/mol. The van der Waals surface area contributed by atoms with Crippen LogP contribution in [0.15, 0.2) is 0 Å². The van der Waals surface area contributed by atoms with Crippen molar-refractivity contribution in [3.05, 3.63) is 0 Å². The Hall–Kier alpha value is 1.81. The summed E-state index contributed by atoms with van der Waals surface area (Å²) in [5, 5.41) is 0. The van der Waals surface area contributed by atoms with Crippen LogP contribution in [0.1, 0.15) is 19.8 Å². The minimum atomic E-state index is -0.157. The molecule has 119 valence electrons. The third kappa shape index (κ3) is 23.8. The lowest BCUT2D eigenvalue weighted by atomic mass is 10.4. The van der Waals surface area contributed by atoms with E-state index < -0.39 is 0 Å². The van der Waals surface area contributed by atoms with Gasteiger partial charge in [-0.05, 0) is 6.04 Å². The lowest BCUT2D eigenvalue weighted by Gasteiger charge is -2.03. The van der Waals surface area contributed by atoms with Gasteiger partial charge in [-0.25, -0.2) is 0 Å². The van der Waals surface area contributed by atoms with Gasteiger partial charge < -0.3 is 37.0 Å². The number of hydrogen-bond acceptors (Lipinski definition) is 9. The summed E-state index contributed by atoms with van der Waals surface area (Å²) in [5.74, 6) is 0. The van der Waals surface area contributed by atoms with Gasteiger partial charge >= 0.3 is 80.1 Å². The van der Waals surface area contributed by atoms with Crippen LogP contribution in [0.2, 0.25) is 6.04 Å². The van der Waals surface area contributed by atoms with Gasteiger partial charge in [0, 0.05) is 0 Å². The van der Waals surface area contributed by atoms with Gasteiger partial charge in [-0.15, -0.1) is 0 Å². The normalized spacial score (nSPS) is 11.2. The van der Waals surface area contributed by atoms with Gasteiger partial charge in [0.2, 0.25) is 20.2 Å². The zero-order valence-electron chi connectivity index (χ0n) is 11.8. The fourth-order valence-electron chi connectivity index (χ4n) is 0.615. The molecule has 0 fully saturated rings. The monoisotopic (exact) mass is 481 g/mol. The highest BCUT2D eigenvalue weighted by atomic mass is 28.4. The summed E-state index contributed by atoms with van der Waals surface area (Å²) >= 11 is 0. The Morgan fingerprint density at radius 1 is 0.609 bits per heavy atom. The van der Waals surface area contributed by atoms with Crippen LogP contribution in [0.25, 0.3) is 0 Å². The fraction of sp³-hybridized carbons (Fsp3) is 1.00. The van der Waals surface area contributed by atoms with Crippen molar-refractivity contribution in [3.63, 3.8) is 0 Å². The second-order valence-electron chi connectivity index (χ2n) is 2.83. The summed E-state index contributed by atoms with van der Waals surface area (Å²) in [6, 6.07) is 1.09. The molecule has 0 aromatic rings. The minimum Gasteiger partial charge on any atom is -0.435 e. The third-order valence-electron chi connectivity index (χ3n) is 1.37. The first kappa shape index (κ1) is 24.8. The Morgan fingerprint density at radius 3 is 1.39 bits per heavy atom. The molecule has 0 aromatic heterocycles. The average Bonchev–Trinajstić information content (AvgIpc) is 2.57. The molecule has 0 aliphatic rings. The second kappa shape index (κ2) is 23.8. The third-order valence-corrected chi connectivity index (χ3v) is 7.84. The highest BCUT2D eigenvalue weighted by Gasteiger charge is 2.04. The lowest BCUT2D eigenvalue weighted by molar-refractivity contribution is 0.364. The first-order valence-electron chi connectivity index (χ1n) is 5.73. The van der Waals surface area contributed by atoms with Gasteiger partial charge in [0.05, 0.1) is 0 Å². The zero-order chi connectivity index (χ0) is 16.8. The van der Waals surface area contributed by atoms with Crippen LogP contribution >= 0.6 is 0 Å². The van der Waals surface area contributed by atoms with Crippen LogP contribution in [-0.4, -0.2) is 100 Å². The molecule has 0 N–H and O–H groups in total. The summed E-state index contributed by atoms with van der Waals surface area (Å²) in [6.45, 7) is 2.16. The number of rotatable bonds is 20. The quantitative estimate of drug-likeness (QED) is 0.136. The first-order chi connectivity index (χ1) is 11.4. The predicted molar refractivity (Wildman–Crippen MR) is 87.0 cm³/mol. The molecular formula is C4H9O9Si10. The van der Waals surface area contributed by atoms with Crippen molar-refractivity contribution in [1.29, 1.82) is 0 Å². The molecule has 0 bridgehead atoms. The van der Waals surface area contributed by atoms with Crippen molar-refractivity contribution in [3.8, 4) is 0 Å².